The highest BCUT2D eigenvalue weighted by molar-refractivity contribution is 7.14. The molecule has 0 unspecified atom stereocenters. The highest BCUT2D eigenvalue weighted by Crippen LogP contribution is 2.41. The Hall–Kier alpha value is -2.53. The number of carbonyl (C=O) groups excluding carboxylic acids is 1. The number of hydrogen-bond acceptors (Lipinski definition) is 5. The van der Waals surface area contributed by atoms with E-state index in [1.54, 1.807) is 11.3 Å². The molecule has 1 heterocycles. The monoisotopic (exact) mass is 476 g/mol. The summed E-state index contributed by atoms with van der Waals surface area (Å²) in [6.07, 6.45) is 19.0. The van der Waals surface area contributed by atoms with Crippen LogP contribution in [0.5, 0.6) is 0 Å². The van der Waals surface area contributed by atoms with Gasteiger partial charge in [-0.15, -0.1) is 10.2 Å². The van der Waals surface area contributed by atoms with E-state index >= 15 is 0 Å². The van der Waals surface area contributed by atoms with Crippen LogP contribution in [0.15, 0.2) is 41.7 Å². The van der Waals surface area contributed by atoms with Gasteiger partial charge in [-0.1, -0.05) is 88.7 Å². The summed E-state index contributed by atoms with van der Waals surface area (Å²) in [6, 6.07) is 6.33. The Kier molecular flexibility index (Phi) is 8.86. The summed E-state index contributed by atoms with van der Waals surface area (Å²) >= 11 is 1.68. The van der Waals surface area contributed by atoms with Crippen LogP contribution in [0.4, 0.5) is 0 Å². The number of carbonyl (C=O) groups is 1. The smallest absolute Gasteiger partial charge is 0.228 e. The van der Waals surface area contributed by atoms with E-state index in [1.165, 1.54) is 51.4 Å². The first-order chi connectivity index (χ1) is 16.7. The molecule has 0 bridgehead atoms. The van der Waals surface area contributed by atoms with Gasteiger partial charge in [0.1, 0.15) is 10.0 Å². The molecule has 0 spiro atoms. The van der Waals surface area contributed by atoms with E-state index in [0.717, 1.165) is 57.1 Å². The fourth-order valence-electron chi connectivity index (χ4n) is 4.53. The van der Waals surface area contributed by atoms with Crippen LogP contribution in [0, 0.1) is 0 Å². The zero-order chi connectivity index (χ0) is 23.8. The van der Waals surface area contributed by atoms with E-state index in [0.29, 0.717) is 12.4 Å². The predicted molar refractivity (Wildman–Crippen MR) is 142 cm³/mol. The SMILES string of the molecule is CCCCCCCCOC1=CC=C2C(=Cc3cc(-c4nnc(CCCCCC)s4)ccc32)C1=O. The van der Waals surface area contributed by atoms with Gasteiger partial charge < -0.3 is 4.74 Å². The van der Waals surface area contributed by atoms with E-state index in [1.807, 2.05) is 18.2 Å². The fourth-order valence-corrected chi connectivity index (χ4v) is 5.40. The van der Waals surface area contributed by atoms with Crippen LogP contribution >= 0.6 is 11.3 Å². The minimum Gasteiger partial charge on any atom is -0.489 e. The van der Waals surface area contributed by atoms with Crippen molar-refractivity contribution in [3.63, 3.8) is 0 Å². The lowest BCUT2D eigenvalue weighted by molar-refractivity contribution is -0.115. The molecule has 0 saturated heterocycles. The molecular formula is C29H36N2O2S. The largest absolute Gasteiger partial charge is 0.489 e. The van der Waals surface area contributed by atoms with E-state index in [2.05, 4.69) is 42.2 Å². The highest BCUT2D eigenvalue weighted by atomic mass is 32.1. The minimum atomic E-state index is -0.00786. The van der Waals surface area contributed by atoms with Crippen molar-refractivity contribution in [2.75, 3.05) is 6.61 Å². The number of hydrogen-bond donors (Lipinski definition) is 0. The average molecular weight is 477 g/mol. The number of nitrogens with zero attached hydrogens (tertiary/aromatic N) is 2. The molecule has 180 valence electrons. The van der Waals surface area contributed by atoms with Crippen LogP contribution in [0.2, 0.25) is 0 Å². The van der Waals surface area contributed by atoms with Crippen molar-refractivity contribution < 1.29 is 9.53 Å². The van der Waals surface area contributed by atoms with Gasteiger partial charge in [0, 0.05) is 17.6 Å². The first-order valence-electron chi connectivity index (χ1n) is 13.0. The Morgan fingerprint density at radius 2 is 1.62 bits per heavy atom. The molecule has 0 aliphatic heterocycles. The van der Waals surface area contributed by atoms with Gasteiger partial charge in [0.05, 0.1) is 6.61 Å². The molecule has 4 rings (SSSR count). The number of aryl methyl sites for hydroxylation is 1. The molecule has 0 atom stereocenters. The summed E-state index contributed by atoms with van der Waals surface area (Å²) in [7, 11) is 0. The number of ketones is 1. The van der Waals surface area contributed by atoms with Crippen molar-refractivity contribution >= 4 is 28.8 Å². The number of unbranched alkanes of at least 4 members (excludes halogenated alkanes) is 8. The molecule has 2 aliphatic carbocycles. The molecule has 0 amide bonds. The van der Waals surface area contributed by atoms with Gasteiger partial charge in [-0.25, -0.2) is 0 Å². The molecule has 0 saturated carbocycles. The maximum atomic E-state index is 13.1. The lowest BCUT2D eigenvalue weighted by atomic mass is 9.94. The van der Waals surface area contributed by atoms with E-state index < -0.39 is 0 Å². The van der Waals surface area contributed by atoms with Gasteiger partial charge in [0.2, 0.25) is 5.78 Å². The second-order valence-corrected chi connectivity index (χ2v) is 10.3. The number of fused-ring (bicyclic) bond motifs is 3. The van der Waals surface area contributed by atoms with Gasteiger partial charge in [0.15, 0.2) is 5.76 Å². The van der Waals surface area contributed by atoms with Crippen LogP contribution < -0.4 is 0 Å². The zero-order valence-corrected chi connectivity index (χ0v) is 21.4. The Bertz CT molecular complexity index is 1090. The Balaban J connectivity index is 1.37. The summed E-state index contributed by atoms with van der Waals surface area (Å²) in [5, 5.41) is 10.9. The third-order valence-corrected chi connectivity index (χ3v) is 7.55. The molecule has 1 aromatic carbocycles. The lowest BCUT2D eigenvalue weighted by Crippen LogP contribution is -2.12. The first kappa shape index (κ1) is 24.6. The number of rotatable bonds is 14. The van der Waals surface area contributed by atoms with Gasteiger partial charge >= 0.3 is 0 Å². The topological polar surface area (TPSA) is 52.1 Å². The average Bonchev–Trinajstić information content (AvgIpc) is 3.47. The molecule has 2 aliphatic rings. The Morgan fingerprint density at radius 1 is 0.853 bits per heavy atom. The van der Waals surface area contributed by atoms with Crippen molar-refractivity contribution in [1.82, 2.24) is 10.2 Å². The van der Waals surface area contributed by atoms with Crippen molar-refractivity contribution in [3.8, 4) is 10.6 Å². The third-order valence-electron chi connectivity index (χ3n) is 6.51. The number of benzene rings is 1. The standard InChI is InChI=1S/C29H36N2O2S/c1-3-5-7-9-10-12-18-33-26-17-16-24-23-15-14-21(19-22(23)20-25(24)28(26)32)29-31-30-27(34-29)13-11-8-6-4-2/h14-17,19-20H,3-13,18H2,1-2H3. The highest BCUT2D eigenvalue weighted by Gasteiger charge is 2.29. The third kappa shape index (κ3) is 5.93. The second kappa shape index (κ2) is 12.3. The molecule has 4 nitrogen and oxygen atoms in total. The normalized spacial score (nSPS) is 14.4. The van der Waals surface area contributed by atoms with Crippen molar-refractivity contribution in [3.05, 3.63) is 57.8 Å². The Morgan fingerprint density at radius 3 is 2.44 bits per heavy atom. The molecule has 2 aromatic rings. The van der Waals surface area contributed by atoms with Crippen molar-refractivity contribution in [2.45, 2.75) is 84.5 Å². The molecule has 1 aromatic heterocycles. The van der Waals surface area contributed by atoms with Crippen LogP contribution in [0.3, 0.4) is 0 Å². The summed E-state index contributed by atoms with van der Waals surface area (Å²) in [5.74, 6) is 0.458. The second-order valence-electron chi connectivity index (χ2n) is 9.23. The zero-order valence-electron chi connectivity index (χ0n) is 20.6. The number of Topliss-reactive ketones (excluding diaryl/α,β-unsaturated/α-hetero) is 1. The van der Waals surface area contributed by atoms with Gasteiger partial charge in [-0.2, -0.15) is 0 Å². The maximum absolute atomic E-state index is 13.1. The molecular weight excluding hydrogens is 440 g/mol. The molecule has 34 heavy (non-hydrogen) atoms. The van der Waals surface area contributed by atoms with Gasteiger partial charge in [0.25, 0.3) is 0 Å². The van der Waals surface area contributed by atoms with Crippen LogP contribution in [-0.2, 0) is 16.0 Å². The van der Waals surface area contributed by atoms with Gasteiger partial charge in [-0.3, -0.25) is 4.79 Å². The van der Waals surface area contributed by atoms with E-state index in [4.69, 9.17) is 4.74 Å². The van der Waals surface area contributed by atoms with Crippen molar-refractivity contribution in [1.29, 1.82) is 0 Å². The van der Waals surface area contributed by atoms with Crippen LogP contribution in [-0.4, -0.2) is 22.6 Å². The molecule has 0 radical (unpaired) electrons. The van der Waals surface area contributed by atoms with Gasteiger partial charge in [-0.05, 0) is 53.8 Å². The molecule has 0 N–H and O–H groups in total. The fraction of sp³-hybridized carbons (Fsp3) is 0.483. The summed E-state index contributed by atoms with van der Waals surface area (Å²) in [6.45, 7) is 5.06. The van der Waals surface area contributed by atoms with E-state index in [-0.39, 0.29) is 5.78 Å². The van der Waals surface area contributed by atoms with Crippen molar-refractivity contribution in [2.24, 2.45) is 0 Å². The number of ether oxygens (including phenoxy) is 1. The molecule has 0 fully saturated rings. The minimum absolute atomic E-state index is 0.00786. The molecule has 5 heteroatoms. The first-order valence-corrected chi connectivity index (χ1v) is 13.8. The summed E-state index contributed by atoms with van der Waals surface area (Å²) < 4.78 is 5.86. The number of aromatic nitrogens is 2. The lowest BCUT2D eigenvalue weighted by Gasteiger charge is -2.15. The Labute approximate surface area is 207 Å². The van der Waals surface area contributed by atoms with Crippen LogP contribution in [0.1, 0.15) is 94.2 Å². The summed E-state index contributed by atoms with van der Waals surface area (Å²) in [4.78, 5) is 13.1. The van der Waals surface area contributed by atoms with E-state index in [9.17, 15) is 4.79 Å². The summed E-state index contributed by atoms with van der Waals surface area (Å²) in [5.41, 5.74) is 4.96. The maximum Gasteiger partial charge on any atom is 0.228 e. The van der Waals surface area contributed by atoms with Crippen LogP contribution in [0.25, 0.3) is 22.2 Å². The predicted octanol–water partition coefficient (Wildman–Crippen LogP) is 7.95. The quantitative estimate of drug-likeness (QED) is 0.260. The number of allylic oxidation sites excluding steroid dienone is 4.